The predicted octanol–water partition coefficient (Wildman–Crippen LogP) is 3.97. The number of carbonyl (C=O) groups is 1. The fourth-order valence-corrected chi connectivity index (χ4v) is 4.16. The number of aliphatic hydroxyl groups is 1. The molecular formula is C25H31N5O2. The number of nitrogens with one attached hydrogen (secondary N) is 1. The number of aromatic nitrogens is 3. The van der Waals surface area contributed by atoms with E-state index < -0.39 is 6.10 Å². The van der Waals surface area contributed by atoms with Gasteiger partial charge in [0.1, 0.15) is 5.82 Å². The molecule has 1 aliphatic rings. The largest absolute Gasteiger partial charge is 0.387 e. The number of amides is 1. The number of aryl methyl sites for hydroxylation is 1. The van der Waals surface area contributed by atoms with Crippen LogP contribution < -0.4 is 5.32 Å². The van der Waals surface area contributed by atoms with E-state index in [9.17, 15) is 9.90 Å². The lowest BCUT2D eigenvalue weighted by Crippen LogP contribution is -2.20. The molecule has 3 aromatic heterocycles. The molecule has 1 saturated carbocycles. The maximum atomic E-state index is 12.5. The zero-order valence-corrected chi connectivity index (χ0v) is 19.2. The summed E-state index contributed by atoms with van der Waals surface area (Å²) in [5.74, 6) is 1.10. The number of hydrogen-bond acceptors (Lipinski definition) is 6. The van der Waals surface area contributed by atoms with Crippen LogP contribution in [0.25, 0.3) is 22.0 Å². The number of nitrogens with zero attached hydrogens (tertiary/aromatic N) is 4. The highest BCUT2D eigenvalue weighted by Gasteiger charge is 2.43. The third-order valence-corrected chi connectivity index (χ3v) is 6.02. The lowest BCUT2D eigenvalue weighted by molar-refractivity contribution is -0.117. The minimum absolute atomic E-state index is 0.0420. The number of pyridine rings is 3. The molecular weight excluding hydrogens is 402 g/mol. The van der Waals surface area contributed by atoms with Gasteiger partial charge in [0.2, 0.25) is 5.91 Å². The van der Waals surface area contributed by atoms with E-state index >= 15 is 0 Å². The van der Waals surface area contributed by atoms with Crippen LogP contribution >= 0.6 is 0 Å². The molecule has 1 amide bonds. The van der Waals surface area contributed by atoms with E-state index in [4.69, 9.17) is 0 Å². The maximum absolute atomic E-state index is 12.5. The van der Waals surface area contributed by atoms with Gasteiger partial charge in [-0.25, -0.2) is 4.98 Å². The number of anilines is 1. The molecule has 2 N–H and O–H groups in total. The van der Waals surface area contributed by atoms with Crippen molar-refractivity contribution in [2.24, 2.45) is 11.8 Å². The Bertz CT molecular complexity index is 1130. The number of fused-ring (bicyclic) bond motifs is 1. The van der Waals surface area contributed by atoms with E-state index in [1.807, 2.05) is 46.1 Å². The van der Waals surface area contributed by atoms with E-state index in [1.54, 1.807) is 18.6 Å². The van der Waals surface area contributed by atoms with Crippen LogP contribution in [0.15, 0.2) is 36.8 Å². The van der Waals surface area contributed by atoms with Crippen molar-refractivity contribution in [1.82, 2.24) is 19.9 Å². The second-order valence-electron chi connectivity index (χ2n) is 9.07. The van der Waals surface area contributed by atoms with Crippen molar-refractivity contribution >= 4 is 22.5 Å². The molecule has 1 aliphatic carbocycles. The van der Waals surface area contributed by atoms with Crippen molar-refractivity contribution in [3.05, 3.63) is 48.0 Å². The molecule has 0 unspecified atom stereocenters. The third-order valence-electron chi connectivity index (χ3n) is 6.02. The summed E-state index contributed by atoms with van der Waals surface area (Å²) < 4.78 is 0. The standard InChI is InChI=1S/C25H31N5O2/c1-5-6-23(31)22-7-15(2)20(13-27-22)21-9-16-12-28-24(10-17(16)11-26-21)29-25(32)19-8-18(19)14-30(3)4/h7,9-13,18-19,23,31H,5-6,8,14H2,1-4H3,(H,28,29,32)/t18-,19+,23-/m1/s1. The van der Waals surface area contributed by atoms with Gasteiger partial charge in [0.05, 0.1) is 17.5 Å². The Morgan fingerprint density at radius 1 is 1.16 bits per heavy atom. The van der Waals surface area contributed by atoms with Gasteiger partial charge in [0.15, 0.2) is 0 Å². The molecule has 0 radical (unpaired) electrons. The molecule has 0 aliphatic heterocycles. The molecule has 1 fully saturated rings. The van der Waals surface area contributed by atoms with E-state index in [2.05, 4.69) is 25.2 Å². The Labute approximate surface area is 188 Å². The smallest absolute Gasteiger partial charge is 0.228 e. The van der Waals surface area contributed by atoms with Crippen LogP contribution in [0.5, 0.6) is 0 Å². The Morgan fingerprint density at radius 3 is 2.62 bits per heavy atom. The van der Waals surface area contributed by atoms with Crippen LogP contribution in [0, 0.1) is 18.8 Å². The van der Waals surface area contributed by atoms with E-state index in [-0.39, 0.29) is 11.8 Å². The topological polar surface area (TPSA) is 91.2 Å². The van der Waals surface area contributed by atoms with Gasteiger partial charge in [0, 0.05) is 47.4 Å². The first-order valence-electron chi connectivity index (χ1n) is 11.2. The highest BCUT2D eigenvalue weighted by molar-refractivity contribution is 5.96. The van der Waals surface area contributed by atoms with E-state index in [1.165, 1.54) is 0 Å². The lowest BCUT2D eigenvalue weighted by atomic mass is 10.0. The summed E-state index contributed by atoms with van der Waals surface area (Å²) >= 11 is 0. The molecule has 0 aromatic carbocycles. The van der Waals surface area contributed by atoms with Gasteiger partial charge in [-0.3, -0.25) is 14.8 Å². The molecule has 0 bridgehead atoms. The minimum atomic E-state index is -0.538. The predicted molar refractivity (Wildman–Crippen MR) is 126 cm³/mol. The molecule has 0 spiro atoms. The number of hydrogen-bond donors (Lipinski definition) is 2. The molecule has 3 atom stereocenters. The second kappa shape index (κ2) is 9.30. The molecule has 7 heteroatoms. The summed E-state index contributed by atoms with van der Waals surface area (Å²) in [5, 5.41) is 15.0. The van der Waals surface area contributed by atoms with Gasteiger partial charge in [-0.15, -0.1) is 0 Å². The van der Waals surface area contributed by atoms with Crippen LogP contribution in [0.4, 0.5) is 5.82 Å². The van der Waals surface area contributed by atoms with Gasteiger partial charge >= 0.3 is 0 Å². The minimum Gasteiger partial charge on any atom is -0.387 e. The molecule has 32 heavy (non-hydrogen) atoms. The molecule has 3 heterocycles. The molecule has 4 rings (SSSR count). The summed E-state index contributed by atoms with van der Waals surface area (Å²) in [7, 11) is 4.06. The van der Waals surface area contributed by atoms with Gasteiger partial charge in [-0.05, 0) is 63.5 Å². The van der Waals surface area contributed by atoms with Crippen LogP contribution in [-0.2, 0) is 4.79 Å². The van der Waals surface area contributed by atoms with Crippen LogP contribution in [0.1, 0.15) is 43.5 Å². The monoisotopic (exact) mass is 433 g/mol. The molecule has 7 nitrogen and oxygen atoms in total. The van der Waals surface area contributed by atoms with Crippen LogP contribution in [0.2, 0.25) is 0 Å². The zero-order chi connectivity index (χ0) is 22.8. The van der Waals surface area contributed by atoms with Crippen molar-refractivity contribution in [2.75, 3.05) is 26.0 Å². The molecule has 168 valence electrons. The Hall–Kier alpha value is -2.90. The van der Waals surface area contributed by atoms with Crippen molar-refractivity contribution < 1.29 is 9.90 Å². The maximum Gasteiger partial charge on any atom is 0.228 e. The van der Waals surface area contributed by atoms with E-state index in [0.717, 1.165) is 47.0 Å². The molecule has 0 saturated heterocycles. The first kappa shape index (κ1) is 22.3. The average molecular weight is 434 g/mol. The quantitative estimate of drug-likeness (QED) is 0.559. The number of rotatable bonds is 8. The zero-order valence-electron chi connectivity index (χ0n) is 19.2. The second-order valence-corrected chi connectivity index (χ2v) is 9.07. The number of carbonyl (C=O) groups excluding carboxylic acids is 1. The normalized spacial score (nSPS) is 18.7. The summed E-state index contributed by atoms with van der Waals surface area (Å²) in [5.41, 5.74) is 3.45. The van der Waals surface area contributed by atoms with Crippen molar-refractivity contribution in [3.8, 4) is 11.3 Å². The summed E-state index contributed by atoms with van der Waals surface area (Å²) in [6, 6.07) is 5.77. The highest BCUT2D eigenvalue weighted by atomic mass is 16.3. The average Bonchev–Trinajstić information content (AvgIpc) is 3.52. The van der Waals surface area contributed by atoms with Gasteiger partial charge < -0.3 is 15.3 Å². The first-order chi connectivity index (χ1) is 15.4. The first-order valence-corrected chi connectivity index (χ1v) is 11.2. The summed E-state index contributed by atoms with van der Waals surface area (Å²) in [6.07, 6.45) is 7.34. The fraction of sp³-hybridized carbons (Fsp3) is 0.440. The fourth-order valence-electron chi connectivity index (χ4n) is 4.16. The van der Waals surface area contributed by atoms with Crippen LogP contribution in [-0.4, -0.2) is 51.5 Å². The third kappa shape index (κ3) is 4.95. The van der Waals surface area contributed by atoms with Crippen LogP contribution in [0.3, 0.4) is 0 Å². The summed E-state index contributed by atoms with van der Waals surface area (Å²) in [6.45, 7) is 4.98. The Kier molecular flexibility index (Phi) is 6.48. The van der Waals surface area contributed by atoms with E-state index in [0.29, 0.717) is 23.9 Å². The summed E-state index contributed by atoms with van der Waals surface area (Å²) in [4.78, 5) is 28.1. The number of aliphatic hydroxyl groups excluding tert-OH is 1. The van der Waals surface area contributed by atoms with Gasteiger partial charge in [0.25, 0.3) is 0 Å². The SMILES string of the molecule is CCC[C@@H](O)c1cc(C)c(-c2cc3cnc(NC(=O)[C@H]4C[C@@H]4CN(C)C)cc3cn2)cn1. The van der Waals surface area contributed by atoms with Gasteiger partial charge in [-0.1, -0.05) is 13.3 Å². The Morgan fingerprint density at radius 2 is 1.91 bits per heavy atom. The van der Waals surface area contributed by atoms with Crippen molar-refractivity contribution in [3.63, 3.8) is 0 Å². The lowest BCUT2D eigenvalue weighted by Gasteiger charge is -2.12. The van der Waals surface area contributed by atoms with Crippen molar-refractivity contribution in [2.45, 2.75) is 39.2 Å². The Balaban J connectivity index is 1.49. The van der Waals surface area contributed by atoms with Crippen molar-refractivity contribution in [1.29, 1.82) is 0 Å². The van der Waals surface area contributed by atoms with Gasteiger partial charge in [-0.2, -0.15) is 0 Å². The highest BCUT2D eigenvalue weighted by Crippen LogP contribution is 2.39. The molecule has 3 aromatic rings.